The van der Waals surface area contributed by atoms with E-state index in [1.807, 2.05) is 0 Å². The fourth-order valence-electron chi connectivity index (χ4n) is 0.0866. The van der Waals surface area contributed by atoms with Crippen molar-refractivity contribution in [2.75, 3.05) is 0 Å². The van der Waals surface area contributed by atoms with E-state index in [-0.39, 0.29) is 29.6 Å². The van der Waals surface area contributed by atoms with E-state index in [1.165, 1.54) is 17.9 Å². The molecule has 0 amide bonds. The third-order valence-corrected chi connectivity index (χ3v) is 0.387. The Morgan fingerprint density at radius 2 is 1.10 bits per heavy atom. The molecule has 0 fully saturated rings. The third kappa shape index (κ3) is 10.1. The molecule has 0 aliphatic heterocycles. The molecule has 0 aliphatic carbocycles. The molecule has 0 saturated carbocycles. The molecule has 0 bridgehead atoms. The molecule has 0 spiro atoms. The number of nitriles is 3. The molecule has 0 aromatic rings. The van der Waals surface area contributed by atoms with Crippen molar-refractivity contribution >= 4 is 6.71 Å². The second kappa shape index (κ2) is 15.7. The van der Waals surface area contributed by atoms with Gasteiger partial charge in [-0.1, -0.05) is 0 Å². The van der Waals surface area contributed by atoms with Gasteiger partial charge >= 0.3 is 36.3 Å². The van der Waals surface area contributed by atoms with Crippen LogP contribution in [0.5, 0.6) is 0 Å². The van der Waals surface area contributed by atoms with Crippen LogP contribution in [-0.2, 0) is 0 Å². The summed E-state index contributed by atoms with van der Waals surface area (Å²) in [6.45, 7) is 3.65. The molecule has 40 valence electrons. The Kier molecular flexibility index (Phi) is 25.1. The van der Waals surface area contributed by atoms with E-state index in [2.05, 4.69) is 0 Å². The zero-order chi connectivity index (χ0) is 7.70. The number of nitrogens with zero attached hydrogens (tertiary/aromatic N) is 4. The van der Waals surface area contributed by atoms with Crippen molar-refractivity contribution in [2.24, 2.45) is 0 Å². The molecule has 0 rings (SSSR count). The first-order valence-corrected chi connectivity index (χ1v) is 1.76. The topological polar surface area (TPSA) is 95.2 Å². The number of rotatable bonds is 0. The Labute approximate surface area is 81.6 Å². The van der Waals surface area contributed by atoms with Crippen LogP contribution in [0.1, 0.15) is 0 Å². The van der Waals surface area contributed by atoms with Crippen molar-refractivity contribution < 1.29 is 29.6 Å². The van der Waals surface area contributed by atoms with Crippen molar-refractivity contribution in [3.05, 3.63) is 6.57 Å². The smallest absolute Gasteiger partial charge is 0.512 e. The summed E-state index contributed by atoms with van der Waals surface area (Å²) in [5.74, 6) is 4.44. The first kappa shape index (κ1) is 16.0. The Bertz CT molecular complexity index is 171. The number of hydrogen-bond donors (Lipinski definition) is 0. The van der Waals surface area contributed by atoms with Gasteiger partial charge in [0.05, 0.1) is 0 Å². The van der Waals surface area contributed by atoms with E-state index in [9.17, 15) is 0 Å². The molecule has 0 N–H and O–H groups in total. The molecule has 0 unspecified atom stereocenters. The van der Waals surface area contributed by atoms with Crippen LogP contribution in [0.2, 0.25) is 0 Å². The Hall–Kier alpha value is -0.975. The molecule has 0 aromatic heterocycles. The van der Waals surface area contributed by atoms with Crippen LogP contribution in [0.4, 0.5) is 0 Å². The molecule has 10 heavy (non-hydrogen) atoms. The van der Waals surface area contributed by atoms with Gasteiger partial charge in [-0.2, -0.15) is 0 Å². The van der Waals surface area contributed by atoms with E-state index in [0.717, 1.165) is 0 Å². The van der Waals surface area contributed by atoms with Crippen LogP contribution in [0.3, 0.4) is 0 Å². The van der Waals surface area contributed by atoms with Crippen LogP contribution in [0, 0.1) is 45.5 Å². The molecule has 4 nitrogen and oxygen atoms in total. The first-order chi connectivity index (χ1) is 4.35. The summed E-state index contributed by atoms with van der Waals surface area (Å²) in [6, 6.07) is 0. The molecule has 0 atom stereocenters. The summed E-state index contributed by atoms with van der Waals surface area (Å²) in [5, 5.41) is 29.7. The van der Waals surface area contributed by atoms with Gasteiger partial charge in [0, 0.05) is 17.9 Å². The van der Waals surface area contributed by atoms with Crippen LogP contribution in [0.15, 0.2) is 0 Å². The standard InChI is InChI=1S/C3BN3.CN.Na/c5-1-4(2-6)3-7;1-2;/q;-1;+1. The zero-order valence-electron chi connectivity index (χ0n) is 5.37. The van der Waals surface area contributed by atoms with Crippen molar-refractivity contribution in [3.8, 4) is 17.9 Å². The van der Waals surface area contributed by atoms with Crippen LogP contribution >= 0.6 is 0 Å². The monoisotopic (exact) mass is 138 g/mol. The predicted molar refractivity (Wildman–Crippen MR) is 27.6 cm³/mol. The minimum absolute atomic E-state index is 0. The SMILES string of the molecule is N#CB(C#N)C#N.[C-]#N.[Na+]. The molecule has 0 radical (unpaired) electrons. The van der Waals surface area contributed by atoms with Crippen molar-refractivity contribution in [2.45, 2.75) is 0 Å². The summed E-state index contributed by atoms with van der Waals surface area (Å²) in [7, 11) is 0. The zero-order valence-corrected chi connectivity index (χ0v) is 7.37. The summed E-state index contributed by atoms with van der Waals surface area (Å²) >= 11 is 0. The van der Waals surface area contributed by atoms with Crippen molar-refractivity contribution in [3.63, 3.8) is 0 Å². The van der Waals surface area contributed by atoms with Crippen LogP contribution in [-0.4, -0.2) is 6.71 Å². The van der Waals surface area contributed by atoms with Gasteiger partial charge in [0.2, 0.25) is 0 Å². The van der Waals surface area contributed by atoms with Crippen LogP contribution < -0.4 is 29.6 Å². The molecular formula is C4BN4Na. The van der Waals surface area contributed by atoms with Crippen molar-refractivity contribution in [1.29, 1.82) is 21.0 Å². The van der Waals surface area contributed by atoms with Crippen LogP contribution in [0.25, 0.3) is 0 Å². The van der Waals surface area contributed by atoms with E-state index < -0.39 is 6.71 Å². The van der Waals surface area contributed by atoms with Gasteiger partial charge in [0.1, 0.15) is 0 Å². The normalized spacial score (nSPS) is 3.50. The van der Waals surface area contributed by atoms with Crippen molar-refractivity contribution in [1.82, 2.24) is 0 Å². The quantitative estimate of drug-likeness (QED) is 0.259. The van der Waals surface area contributed by atoms with Gasteiger partial charge in [-0.25, -0.2) is 15.8 Å². The average Bonchev–Trinajstić information content (AvgIpc) is 1.96. The fourth-order valence-corrected chi connectivity index (χ4v) is 0.0866. The van der Waals surface area contributed by atoms with Gasteiger partial charge in [0.15, 0.2) is 0 Å². The minimum atomic E-state index is -1.10. The van der Waals surface area contributed by atoms with Gasteiger partial charge in [-0.15, -0.1) is 0 Å². The maximum Gasteiger partial charge on any atom is 1.00 e. The summed E-state index contributed by atoms with van der Waals surface area (Å²) < 4.78 is 0. The maximum atomic E-state index is 7.83. The van der Waals surface area contributed by atoms with E-state index in [4.69, 9.17) is 27.6 Å². The Morgan fingerprint density at radius 3 is 1.10 bits per heavy atom. The summed E-state index contributed by atoms with van der Waals surface area (Å²) in [5.41, 5.74) is 0. The maximum absolute atomic E-state index is 7.83. The summed E-state index contributed by atoms with van der Waals surface area (Å²) in [4.78, 5) is 0. The molecule has 0 saturated heterocycles. The first-order valence-electron chi connectivity index (χ1n) is 1.76. The predicted octanol–water partition coefficient (Wildman–Crippen LogP) is -3.23. The minimum Gasteiger partial charge on any atom is -0.512 e. The van der Waals surface area contributed by atoms with E-state index >= 15 is 0 Å². The molecule has 0 aromatic carbocycles. The van der Waals surface area contributed by atoms with Gasteiger partial charge in [0.25, 0.3) is 0 Å². The molecule has 0 heterocycles. The second-order valence-corrected chi connectivity index (χ2v) is 0.820. The average molecular weight is 138 g/mol. The third-order valence-electron chi connectivity index (χ3n) is 0.387. The van der Waals surface area contributed by atoms with Gasteiger partial charge in [-0.3, -0.25) is 0 Å². The van der Waals surface area contributed by atoms with Gasteiger partial charge < -0.3 is 11.8 Å². The second-order valence-electron chi connectivity index (χ2n) is 0.820. The molecule has 6 heteroatoms. The molecular weight excluding hydrogens is 138 g/mol. The fraction of sp³-hybridized carbons (Fsp3) is 0. The molecule has 0 aliphatic rings. The summed E-state index contributed by atoms with van der Waals surface area (Å²) in [6.07, 6.45) is 0. The van der Waals surface area contributed by atoms with E-state index in [1.54, 1.807) is 0 Å². The Balaban J connectivity index is -0.000000149. The largest absolute Gasteiger partial charge is 1.00 e. The number of hydrogen-bond acceptors (Lipinski definition) is 4. The van der Waals surface area contributed by atoms with Gasteiger partial charge in [-0.05, 0) is 0 Å². The van der Waals surface area contributed by atoms with E-state index in [0.29, 0.717) is 0 Å². The Morgan fingerprint density at radius 1 is 0.900 bits per heavy atom.